The summed E-state index contributed by atoms with van der Waals surface area (Å²) in [5.74, 6) is 0.410. The van der Waals surface area contributed by atoms with Gasteiger partial charge in [0.05, 0.1) is 10.6 Å². The number of aromatic nitrogens is 4. The third kappa shape index (κ3) is 4.93. The van der Waals surface area contributed by atoms with Gasteiger partial charge in [-0.3, -0.25) is 0 Å². The summed E-state index contributed by atoms with van der Waals surface area (Å²) in [7, 11) is -1.98. The topological polar surface area (TPSA) is 122 Å². The summed E-state index contributed by atoms with van der Waals surface area (Å²) in [6, 6.07) is 12.2. The molecule has 9 nitrogen and oxygen atoms in total. The van der Waals surface area contributed by atoms with Crippen LogP contribution in [-0.4, -0.2) is 48.6 Å². The summed E-state index contributed by atoms with van der Waals surface area (Å²) in [5.41, 5.74) is 4.22. The van der Waals surface area contributed by atoms with Crippen LogP contribution in [0.2, 0.25) is 0 Å². The molecule has 4 aromatic rings. The number of fused-ring (bicyclic) bond motifs is 1. The van der Waals surface area contributed by atoms with Gasteiger partial charge in [0.1, 0.15) is 5.65 Å². The first-order valence-corrected chi connectivity index (χ1v) is 11.6. The van der Waals surface area contributed by atoms with Crippen LogP contribution in [0.25, 0.3) is 22.3 Å². The minimum atomic E-state index is -3.57. The Bertz CT molecular complexity index is 1320. The number of methoxy groups -OCH3 is 1. The number of nitrogens with zero attached hydrogens (tertiary/aromatic N) is 3. The molecule has 0 radical (unpaired) electrons. The van der Waals surface area contributed by atoms with Gasteiger partial charge in [0, 0.05) is 55.0 Å². The van der Waals surface area contributed by atoms with Gasteiger partial charge in [-0.25, -0.2) is 28.1 Å². The van der Waals surface area contributed by atoms with Crippen molar-refractivity contribution in [3.63, 3.8) is 0 Å². The van der Waals surface area contributed by atoms with Crippen LogP contribution in [-0.2, 0) is 14.8 Å². The van der Waals surface area contributed by atoms with Crippen molar-refractivity contribution in [1.82, 2.24) is 24.7 Å². The summed E-state index contributed by atoms with van der Waals surface area (Å²) >= 11 is 0. The SMILES string of the molecule is COCCCNS(=O)(=O)c1ccc(Nc2nccc(-c3ccnc4[nH]c(C)cc34)n2)cc1. The number of hydrogen-bond acceptors (Lipinski definition) is 7. The van der Waals surface area contributed by atoms with Crippen LogP contribution in [0.4, 0.5) is 11.6 Å². The molecule has 10 heteroatoms. The Morgan fingerprint density at radius 1 is 1.06 bits per heavy atom. The second-order valence-corrected chi connectivity index (χ2v) is 9.00. The highest BCUT2D eigenvalue weighted by atomic mass is 32.2. The minimum absolute atomic E-state index is 0.192. The van der Waals surface area contributed by atoms with E-state index in [0.717, 1.165) is 28.0 Å². The maximum Gasteiger partial charge on any atom is 0.240 e. The normalized spacial score (nSPS) is 11.7. The lowest BCUT2D eigenvalue weighted by molar-refractivity contribution is 0.196. The lowest BCUT2D eigenvalue weighted by Gasteiger charge is -2.09. The van der Waals surface area contributed by atoms with Gasteiger partial charge in [0.15, 0.2) is 0 Å². The number of benzene rings is 1. The van der Waals surface area contributed by atoms with Gasteiger partial charge >= 0.3 is 0 Å². The van der Waals surface area contributed by atoms with Gasteiger partial charge in [-0.1, -0.05) is 0 Å². The number of aromatic amines is 1. The molecule has 0 aliphatic carbocycles. The minimum Gasteiger partial charge on any atom is -0.385 e. The molecule has 0 amide bonds. The van der Waals surface area contributed by atoms with Crippen molar-refractivity contribution in [3.05, 3.63) is 60.6 Å². The summed E-state index contributed by atoms with van der Waals surface area (Å²) in [6.45, 7) is 2.80. The predicted octanol–water partition coefficient (Wildman–Crippen LogP) is 3.39. The lowest BCUT2D eigenvalue weighted by atomic mass is 10.1. The number of H-pyrrole nitrogens is 1. The number of pyridine rings is 1. The Morgan fingerprint density at radius 3 is 2.62 bits per heavy atom. The number of anilines is 2. The predicted molar refractivity (Wildman–Crippen MR) is 123 cm³/mol. The standard InChI is InChI=1S/C22H24N6O3S/c1-15-14-19-18(8-11-23-21(19)26-15)20-9-12-24-22(28-20)27-16-4-6-17(7-5-16)32(29,30)25-10-3-13-31-2/h4-9,11-12,14,25H,3,10,13H2,1-2H3,(H,23,26)(H,24,27,28). The number of nitrogens with one attached hydrogen (secondary N) is 3. The largest absolute Gasteiger partial charge is 0.385 e. The fraction of sp³-hybridized carbons (Fsp3) is 0.227. The van der Waals surface area contributed by atoms with Crippen LogP contribution in [0, 0.1) is 6.92 Å². The molecule has 0 unspecified atom stereocenters. The molecule has 0 fully saturated rings. The van der Waals surface area contributed by atoms with Gasteiger partial charge in [0.25, 0.3) is 0 Å². The highest BCUT2D eigenvalue weighted by Crippen LogP contribution is 2.27. The molecule has 0 aliphatic rings. The number of sulfonamides is 1. The highest BCUT2D eigenvalue weighted by Gasteiger charge is 2.13. The van der Waals surface area contributed by atoms with Crippen molar-refractivity contribution in [2.24, 2.45) is 0 Å². The third-order valence-corrected chi connectivity index (χ3v) is 6.31. The van der Waals surface area contributed by atoms with Crippen LogP contribution in [0.3, 0.4) is 0 Å². The Labute approximate surface area is 186 Å². The molecule has 0 atom stereocenters. The number of aryl methyl sites for hydroxylation is 1. The Kier molecular flexibility index (Phi) is 6.45. The van der Waals surface area contributed by atoms with E-state index in [1.807, 2.05) is 25.1 Å². The highest BCUT2D eigenvalue weighted by molar-refractivity contribution is 7.89. The van der Waals surface area contributed by atoms with E-state index in [-0.39, 0.29) is 4.90 Å². The Morgan fingerprint density at radius 2 is 1.84 bits per heavy atom. The average molecular weight is 453 g/mol. The van der Waals surface area contributed by atoms with Crippen molar-refractivity contribution in [3.8, 4) is 11.3 Å². The first kappa shape index (κ1) is 21.9. The number of rotatable bonds is 9. The van der Waals surface area contributed by atoms with E-state index in [1.165, 1.54) is 0 Å². The Balaban J connectivity index is 1.50. The van der Waals surface area contributed by atoms with Crippen LogP contribution in [0.15, 0.2) is 59.8 Å². The molecule has 0 bridgehead atoms. The molecule has 3 aromatic heterocycles. The number of ether oxygens (including phenoxy) is 1. The monoisotopic (exact) mass is 452 g/mol. The van der Waals surface area contributed by atoms with Gasteiger partial charge in [-0.05, 0) is 55.8 Å². The first-order chi connectivity index (χ1) is 15.5. The second-order valence-electron chi connectivity index (χ2n) is 7.23. The Hall–Kier alpha value is -3.34. The molecule has 0 saturated heterocycles. The molecule has 0 saturated carbocycles. The fourth-order valence-corrected chi connectivity index (χ4v) is 4.38. The molecular weight excluding hydrogens is 428 g/mol. The quantitative estimate of drug-likeness (QED) is 0.333. The van der Waals surface area contributed by atoms with E-state index in [0.29, 0.717) is 31.2 Å². The molecule has 32 heavy (non-hydrogen) atoms. The molecule has 1 aromatic carbocycles. The molecule has 3 heterocycles. The van der Waals surface area contributed by atoms with Crippen LogP contribution >= 0.6 is 0 Å². The summed E-state index contributed by atoms with van der Waals surface area (Å²) in [5, 5.41) is 4.12. The van der Waals surface area contributed by atoms with Crippen molar-refractivity contribution in [1.29, 1.82) is 0 Å². The zero-order chi connectivity index (χ0) is 22.6. The maximum absolute atomic E-state index is 12.4. The van der Waals surface area contributed by atoms with E-state index in [4.69, 9.17) is 4.74 Å². The molecule has 0 spiro atoms. The summed E-state index contributed by atoms with van der Waals surface area (Å²) < 4.78 is 32.2. The first-order valence-electron chi connectivity index (χ1n) is 10.1. The van der Waals surface area contributed by atoms with Crippen LogP contribution in [0.5, 0.6) is 0 Å². The van der Waals surface area contributed by atoms with Crippen molar-refractivity contribution < 1.29 is 13.2 Å². The molecule has 4 rings (SSSR count). The second kappa shape index (κ2) is 9.43. The zero-order valence-electron chi connectivity index (χ0n) is 17.8. The molecule has 166 valence electrons. The average Bonchev–Trinajstić information content (AvgIpc) is 3.17. The van der Waals surface area contributed by atoms with Crippen LogP contribution in [0.1, 0.15) is 12.1 Å². The summed E-state index contributed by atoms with van der Waals surface area (Å²) in [6.07, 6.45) is 4.03. The lowest BCUT2D eigenvalue weighted by Crippen LogP contribution is -2.25. The number of hydrogen-bond donors (Lipinski definition) is 3. The maximum atomic E-state index is 12.4. The van der Waals surface area contributed by atoms with E-state index < -0.39 is 10.0 Å². The van der Waals surface area contributed by atoms with Gasteiger partial charge in [-0.15, -0.1) is 0 Å². The van der Waals surface area contributed by atoms with Crippen molar-refractivity contribution >= 4 is 32.7 Å². The van der Waals surface area contributed by atoms with Gasteiger partial charge in [0.2, 0.25) is 16.0 Å². The van der Waals surface area contributed by atoms with Gasteiger partial charge in [-0.2, -0.15) is 0 Å². The zero-order valence-corrected chi connectivity index (χ0v) is 18.6. The van der Waals surface area contributed by atoms with E-state index in [9.17, 15) is 8.42 Å². The summed E-state index contributed by atoms with van der Waals surface area (Å²) in [4.78, 5) is 16.7. The molecule has 3 N–H and O–H groups in total. The molecule has 0 aliphatic heterocycles. The third-order valence-electron chi connectivity index (χ3n) is 4.84. The smallest absolute Gasteiger partial charge is 0.240 e. The van der Waals surface area contributed by atoms with E-state index >= 15 is 0 Å². The molecular formula is C22H24N6O3S. The van der Waals surface area contributed by atoms with Gasteiger partial charge < -0.3 is 15.0 Å². The fourth-order valence-electron chi connectivity index (χ4n) is 3.30. The van der Waals surface area contributed by atoms with E-state index in [1.54, 1.807) is 43.8 Å². The van der Waals surface area contributed by atoms with Crippen molar-refractivity contribution in [2.75, 3.05) is 25.6 Å². The van der Waals surface area contributed by atoms with Crippen molar-refractivity contribution in [2.45, 2.75) is 18.2 Å². The van der Waals surface area contributed by atoms with E-state index in [2.05, 4.69) is 30.0 Å². The van der Waals surface area contributed by atoms with Crippen LogP contribution < -0.4 is 10.0 Å².